The number of hydrogen-bond acceptors (Lipinski definition) is 8. The molecule has 0 saturated heterocycles. The second kappa shape index (κ2) is 9.83. The number of furan rings is 1. The molecule has 0 unspecified atom stereocenters. The number of hydrogen-bond donors (Lipinski definition) is 1. The molecule has 2 aromatic heterocycles. The maximum Gasteiger partial charge on any atom is 0.315 e. The molecule has 0 aliphatic carbocycles. The molecule has 0 bridgehead atoms. The van der Waals surface area contributed by atoms with E-state index in [1.807, 2.05) is 0 Å². The quantitative estimate of drug-likeness (QED) is 0.164. The third-order valence-corrected chi connectivity index (χ3v) is 4.45. The van der Waals surface area contributed by atoms with Gasteiger partial charge >= 0.3 is 5.69 Å². The minimum Gasteiger partial charge on any atom is -0.493 e. The average Bonchev–Trinajstić information content (AvgIpc) is 3.39. The second-order valence-electron chi connectivity index (χ2n) is 6.27. The molecule has 0 aliphatic rings. The van der Waals surface area contributed by atoms with Gasteiger partial charge in [0.1, 0.15) is 0 Å². The number of benzene rings is 1. The van der Waals surface area contributed by atoms with Crippen LogP contribution in [0.15, 0.2) is 40.0 Å². The lowest BCUT2D eigenvalue weighted by Crippen LogP contribution is -2.04. The van der Waals surface area contributed by atoms with Crippen LogP contribution >= 0.6 is 12.2 Å². The second-order valence-corrected chi connectivity index (χ2v) is 6.66. The predicted molar refractivity (Wildman–Crippen MR) is 113 cm³/mol. The van der Waals surface area contributed by atoms with Crippen molar-refractivity contribution in [2.24, 2.45) is 5.10 Å². The van der Waals surface area contributed by atoms with Gasteiger partial charge in [-0.3, -0.25) is 10.1 Å². The predicted octanol–water partition coefficient (Wildman–Crippen LogP) is 4.57. The van der Waals surface area contributed by atoms with E-state index in [-0.39, 0.29) is 22.0 Å². The Morgan fingerprint density at radius 2 is 2.27 bits per heavy atom. The molecule has 10 nitrogen and oxygen atoms in total. The molecule has 1 aromatic carbocycles. The molecule has 158 valence electrons. The van der Waals surface area contributed by atoms with Crippen LogP contribution in [-0.4, -0.2) is 39.7 Å². The fraction of sp³-hybridized carbons (Fsp3) is 0.316. The summed E-state index contributed by atoms with van der Waals surface area (Å²) in [7, 11) is 1.43. The van der Waals surface area contributed by atoms with Gasteiger partial charge in [0, 0.05) is 11.6 Å². The van der Waals surface area contributed by atoms with Gasteiger partial charge in [-0.1, -0.05) is 19.8 Å². The first kappa shape index (κ1) is 21.2. The van der Waals surface area contributed by atoms with E-state index >= 15 is 0 Å². The number of aromatic amines is 1. The highest BCUT2D eigenvalue weighted by atomic mass is 32.1. The number of rotatable bonds is 10. The fourth-order valence-electron chi connectivity index (χ4n) is 2.73. The van der Waals surface area contributed by atoms with Gasteiger partial charge in [0.2, 0.25) is 16.3 Å². The highest BCUT2D eigenvalue weighted by Crippen LogP contribution is 2.38. The van der Waals surface area contributed by atoms with Crippen LogP contribution in [0.4, 0.5) is 5.69 Å². The van der Waals surface area contributed by atoms with Crippen molar-refractivity contribution in [3.8, 4) is 23.1 Å². The highest BCUT2D eigenvalue weighted by Gasteiger charge is 2.22. The lowest BCUT2D eigenvalue weighted by atomic mass is 10.2. The Kier molecular flexibility index (Phi) is 6.96. The van der Waals surface area contributed by atoms with Gasteiger partial charge < -0.3 is 13.9 Å². The molecule has 0 fully saturated rings. The van der Waals surface area contributed by atoms with Crippen molar-refractivity contribution in [3.05, 3.63) is 51.0 Å². The number of nitrogens with zero attached hydrogens (tertiary/aromatic N) is 4. The number of unbranched alkanes of at least 4 members (excludes halogenated alkanes) is 2. The number of nitro groups is 1. The molecule has 0 spiro atoms. The normalized spacial score (nSPS) is 11.1. The van der Waals surface area contributed by atoms with Crippen LogP contribution in [0.5, 0.6) is 11.5 Å². The summed E-state index contributed by atoms with van der Waals surface area (Å²) in [6.45, 7) is 2.44. The van der Waals surface area contributed by atoms with Crippen LogP contribution in [-0.2, 0) is 0 Å². The van der Waals surface area contributed by atoms with E-state index in [1.54, 1.807) is 18.2 Å². The van der Waals surface area contributed by atoms with Crippen molar-refractivity contribution < 1.29 is 18.8 Å². The van der Waals surface area contributed by atoms with E-state index in [2.05, 4.69) is 22.2 Å². The van der Waals surface area contributed by atoms with E-state index in [0.29, 0.717) is 23.8 Å². The lowest BCUT2D eigenvalue weighted by molar-refractivity contribution is -0.386. The molecule has 0 radical (unpaired) electrons. The third-order valence-electron chi connectivity index (χ3n) is 4.18. The highest BCUT2D eigenvalue weighted by molar-refractivity contribution is 7.71. The molecule has 0 saturated carbocycles. The molecule has 3 rings (SSSR count). The number of nitro benzene ring substituents is 1. The van der Waals surface area contributed by atoms with E-state index in [9.17, 15) is 10.1 Å². The SMILES string of the molecule is CCCCCOc1c(OC)cc(/C=N\n2c(-c3ccco3)n[nH]c2=S)cc1[N+](=O)[O-]. The van der Waals surface area contributed by atoms with Crippen LogP contribution in [0.3, 0.4) is 0 Å². The van der Waals surface area contributed by atoms with Crippen LogP contribution in [0.1, 0.15) is 31.7 Å². The molecule has 30 heavy (non-hydrogen) atoms. The molecule has 2 heterocycles. The van der Waals surface area contributed by atoms with Gasteiger partial charge in [0.15, 0.2) is 11.5 Å². The summed E-state index contributed by atoms with van der Waals surface area (Å²) in [5, 5.41) is 22.6. The van der Waals surface area contributed by atoms with E-state index in [0.717, 1.165) is 19.3 Å². The van der Waals surface area contributed by atoms with Gasteiger partial charge in [0.05, 0.1) is 31.1 Å². The number of aromatic nitrogens is 3. The number of methoxy groups -OCH3 is 1. The van der Waals surface area contributed by atoms with Gasteiger partial charge in [-0.05, 0) is 36.8 Å². The van der Waals surface area contributed by atoms with Crippen molar-refractivity contribution in [3.63, 3.8) is 0 Å². The molecular formula is C19H21N5O5S. The Labute approximate surface area is 177 Å². The van der Waals surface area contributed by atoms with Crippen molar-refractivity contribution >= 4 is 24.1 Å². The first-order valence-electron chi connectivity index (χ1n) is 9.30. The Morgan fingerprint density at radius 3 is 2.93 bits per heavy atom. The number of nitrogens with one attached hydrogen (secondary N) is 1. The first-order valence-corrected chi connectivity index (χ1v) is 9.70. The molecule has 0 atom stereocenters. The molecule has 0 aliphatic heterocycles. The van der Waals surface area contributed by atoms with Gasteiger partial charge in [0.25, 0.3) is 0 Å². The maximum absolute atomic E-state index is 11.6. The summed E-state index contributed by atoms with van der Waals surface area (Å²) >= 11 is 5.20. The zero-order chi connectivity index (χ0) is 21.5. The fourth-order valence-corrected chi connectivity index (χ4v) is 2.91. The van der Waals surface area contributed by atoms with E-state index in [1.165, 1.54) is 30.3 Å². The average molecular weight is 431 g/mol. The monoisotopic (exact) mass is 431 g/mol. The number of ether oxygens (including phenoxy) is 2. The topological polar surface area (TPSA) is 121 Å². The van der Waals surface area contributed by atoms with Crippen molar-refractivity contribution in [1.29, 1.82) is 0 Å². The first-order chi connectivity index (χ1) is 14.5. The van der Waals surface area contributed by atoms with Crippen LogP contribution in [0.2, 0.25) is 0 Å². The molecule has 0 amide bonds. The summed E-state index contributed by atoms with van der Waals surface area (Å²) in [6.07, 6.45) is 5.73. The summed E-state index contributed by atoms with van der Waals surface area (Å²) in [5.41, 5.74) is 0.238. The van der Waals surface area contributed by atoms with Crippen molar-refractivity contribution in [1.82, 2.24) is 14.9 Å². The molecule has 11 heteroatoms. The summed E-state index contributed by atoms with van der Waals surface area (Å²) in [6, 6.07) is 6.42. The Morgan fingerprint density at radius 1 is 1.43 bits per heavy atom. The minimum atomic E-state index is -0.507. The van der Waals surface area contributed by atoms with E-state index in [4.69, 9.17) is 26.1 Å². The molecular weight excluding hydrogens is 410 g/mol. The van der Waals surface area contributed by atoms with E-state index < -0.39 is 4.92 Å². The lowest BCUT2D eigenvalue weighted by Gasteiger charge is -2.11. The van der Waals surface area contributed by atoms with Crippen LogP contribution < -0.4 is 9.47 Å². The largest absolute Gasteiger partial charge is 0.493 e. The molecule has 3 aromatic rings. The van der Waals surface area contributed by atoms with Gasteiger partial charge in [-0.15, -0.1) is 5.10 Å². The zero-order valence-electron chi connectivity index (χ0n) is 16.5. The summed E-state index contributed by atoms with van der Waals surface area (Å²) < 4.78 is 17.9. The van der Waals surface area contributed by atoms with Crippen LogP contribution in [0.25, 0.3) is 11.6 Å². The standard InChI is InChI=1S/C19H21N5O5S/c1-3-4-5-8-29-17-14(24(25)26)10-13(11-16(17)27-2)12-20-23-18(21-22-19(23)30)15-7-6-9-28-15/h6-7,9-12H,3-5,8H2,1-2H3,(H,22,30)/b20-12-. The van der Waals surface area contributed by atoms with Crippen molar-refractivity contribution in [2.75, 3.05) is 13.7 Å². The molecule has 1 N–H and O–H groups in total. The minimum absolute atomic E-state index is 0.104. The Balaban J connectivity index is 1.94. The van der Waals surface area contributed by atoms with Gasteiger partial charge in [-0.25, -0.2) is 5.10 Å². The Bertz CT molecular complexity index is 1090. The number of H-pyrrole nitrogens is 1. The smallest absolute Gasteiger partial charge is 0.315 e. The Hall–Kier alpha value is -3.47. The summed E-state index contributed by atoms with van der Waals surface area (Å²) in [4.78, 5) is 11.1. The van der Waals surface area contributed by atoms with Gasteiger partial charge in [-0.2, -0.15) is 9.78 Å². The van der Waals surface area contributed by atoms with Crippen LogP contribution in [0, 0.1) is 14.9 Å². The summed E-state index contributed by atoms with van der Waals surface area (Å²) in [5.74, 6) is 1.20. The zero-order valence-corrected chi connectivity index (χ0v) is 17.3. The third kappa shape index (κ3) is 4.74. The maximum atomic E-state index is 11.6. The van der Waals surface area contributed by atoms with Crippen molar-refractivity contribution in [2.45, 2.75) is 26.2 Å².